The summed E-state index contributed by atoms with van der Waals surface area (Å²) in [6, 6.07) is 8.14. The fourth-order valence-electron chi connectivity index (χ4n) is 3.31. The van der Waals surface area contributed by atoms with E-state index in [-0.39, 0.29) is 5.56 Å². The number of aryl methyl sites for hydroxylation is 3. The van der Waals surface area contributed by atoms with Gasteiger partial charge < -0.3 is 0 Å². The SMILES string of the molecule is CCCSc1nc2sc3c(c2c(=O)n1-c1cccc(C)c1)CCC3. The summed E-state index contributed by atoms with van der Waals surface area (Å²) < 4.78 is 1.82. The highest BCUT2D eigenvalue weighted by atomic mass is 32.2. The predicted molar refractivity (Wildman–Crippen MR) is 103 cm³/mol. The Morgan fingerprint density at radius 3 is 3.00 bits per heavy atom. The highest BCUT2D eigenvalue weighted by Crippen LogP contribution is 2.36. The molecule has 2 aromatic heterocycles. The first-order valence-electron chi connectivity index (χ1n) is 8.46. The second-order valence-electron chi connectivity index (χ2n) is 6.26. The van der Waals surface area contributed by atoms with Gasteiger partial charge in [0.25, 0.3) is 5.56 Å². The molecule has 0 N–H and O–H groups in total. The molecule has 0 saturated heterocycles. The molecule has 0 saturated carbocycles. The van der Waals surface area contributed by atoms with Gasteiger partial charge in [0.1, 0.15) is 4.83 Å². The minimum absolute atomic E-state index is 0.101. The van der Waals surface area contributed by atoms with E-state index >= 15 is 0 Å². The molecule has 0 atom stereocenters. The summed E-state index contributed by atoms with van der Waals surface area (Å²) in [6.45, 7) is 4.21. The molecule has 0 aliphatic heterocycles. The summed E-state index contributed by atoms with van der Waals surface area (Å²) in [5.74, 6) is 0.967. The van der Waals surface area contributed by atoms with Gasteiger partial charge in [0, 0.05) is 10.6 Å². The third-order valence-electron chi connectivity index (χ3n) is 4.40. The lowest BCUT2D eigenvalue weighted by Crippen LogP contribution is -2.22. The van der Waals surface area contributed by atoms with Crippen LogP contribution in [0.5, 0.6) is 0 Å². The molecule has 1 aromatic carbocycles. The van der Waals surface area contributed by atoms with Crippen LogP contribution in [-0.2, 0) is 12.8 Å². The average Bonchev–Trinajstić information content (AvgIpc) is 3.13. The molecule has 0 unspecified atom stereocenters. The standard InChI is InChI=1S/C19H20N2OS2/c1-3-10-23-19-20-17-16(14-8-5-9-15(14)24-17)18(22)21(19)13-7-4-6-12(2)11-13/h4,6-7,11H,3,5,8-10H2,1-2H3. The molecule has 0 amide bonds. The topological polar surface area (TPSA) is 34.9 Å². The number of fused-ring (bicyclic) bond motifs is 3. The smallest absolute Gasteiger partial charge is 0.267 e. The summed E-state index contributed by atoms with van der Waals surface area (Å²) in [6.07, 6.45) is 4.33. The van der Waals surface area contributed by atoms with Crippen molar-refractivity contribution in [3.8, 4) is 5.69 Å². The Morgan fingerprint density at radius 2 is 2.21 bits per heavy atom. The Morgan fingerprint density at radius 1 is 1.33 bits per heavy atom. The van der Waals surface area contributed by atoms with Crippen LogP contribution in [-0.4, -0.2) is 15.3 Å². The minimum atomic E-state index is 0.101. The van der Waals surface area contributed by atoms with Gasteiger partial charge in [-0.25, -0.2) is 4.98 Å². The largest absolute Gasteiger partial charge is 0.268 e. The second-order valence-corrected chi connectivity index (χ2v) is 8.41. The highest BCUT2D eigenvalue weighted by molar-refractivity contribution is 7.99. The molecule has 3 nitrogen and oxygen atoms in total. The zero-order valence-corrected chi connectivity index (χ0v) is 15.6. The number of thiophene rings is 1. The molecular weight excluding hydrogens is 336 g/mol. The Hall–Kier alpha value is -1.59. The van der Waals surface area contributed by atoms with Gasteiger partial charge in [-0.05, 0) is 55.9 Å². The maximum atomic E-state index is 13.4. The minimum Gasteiger partial charge on any atom is -0.268 e. The van der Waals surface area contributed by atoms with E-state index in [0.717, 1.165) is 58.1 Å². The molecule has 4 rings (SSSR count). The van der Waals surface area contributed by atoms with E-state index in [0.29, 0.717) is 0 Å². The van der Waals surface area contributed by atoms with E-state index in [2.05, 4.69) is 26.0 Å². The van der Waals surface area contributed by atoms with E-state index in [1.807, 2.05) is 16.7 Å². The van der Waals surface area contributed by atoms with Crippen molar-refractivity contribution in [1.82, 2.24) is 9.55 Å². The van der Waals surface area contributed by atoms with Crippen LogP contribution in [0.4, 0.5) is 0 Å². The Balaban J connectivity index is 2.01. The molecule has 3 aromatic rings. The summed E-state index contributed by atoms with van der Waals surface area (Å²) in [4.78, 5) is 20.5. The Labute approximate surface area is 149 Å². The van der Waals surface area contributed by atoms with Crippen molar-refractivity contribution >= 4 is 33.3 Å². The zero-order valence-electron chi connectivity index (χ0n) is 14.0. The normalized spacial score (nSPS) is 13.6. The third-order valence-corrected chi connectivity index (χ3v) is 6.73. The maximum Gasteiger partial charge on any atom is 0.267 e. The fourth-order valence-corrected chi connectivity index (χ4v) is 5.48. The van der Waals surface area contributed by atoms with Crippen molar-refractivity contribution in [1.29, 1.82) is 0 Å². The number of benzene rings is 1. The summed E-state index contributed by atoms with van der Waals surface area (Å²) in [7, 11) is 0. The molecular formula is C19H20N2OS2. The van der Waals surface area contributed by atoms with Crippen LogP contribution in [0.2, 0.25) is 0 Å². The van der Waals surface area contributed by atoms with E-state index in [1.165, 1.54) is 10.4 Å². The van der Waals surface area contributed by atoms with Crippen LogP contribution in [0.1, 0.15) is 35.8 Å². The first kappa shape index (κ1) is 15.9. The van der Waals surface area contributed by atoms with Crippen molar-refractivity contribution in [2.75, 3.05) is 5.75 Å². The number of hydrogen-bond acceptors (Lipinski definition) is 4. The molecule has 1 aliphatic carbocycles. The molecule has 1 aliphatic rings. The van der Waals surface area contributed by atoms with Gasteiger partial charge in [0.15, 0.2) is 5.16 Å². The molecule has 5 heteroatoms. The van der Waals surface area contributed by atoms with E-state index in [9.17, 15) is 4.79 Å². The van der Waals surface area contributed by atoms with Crippen molar-refractivity contribution in [3.63, 3.8) is 0 Å². The van der Waals surface area contributed by atoms with Crippen LogP contribution < -0.4 is 5.56 Å². The van der Waals surface area contributed by atoms with Gasteiger partial charge in [0.2, 0.25) is 0 Å². The second kappa shape index (κ2) is 6.37. The molecule has 24 heavy (non-hydrogen) atoms. The van der Waals surface area contributed by atoms with Gasteiger partial charge in [-0.15, -0.1) is 11.3 Å². The predicted octanol–water partition coefficient (Wildman–Crippen LogP) is 4.75. The number of nitrogens with zero attached hydrogens (tertiary/aromatic N) is 2. The first-order chi connectivity index (χ1) is 11.7. The molecule has 2 heterocycles. The number of aromatic nitrogens is 2. The molecule has 0 spiro atoms. The molecule has 124 valence electrons. The molecule has 0 bridgehead atoms. The summed E-state index contributed by atoms with van der Waals surface area (Å²) in [5, 5.41) is 1.68. The van der Waals surface area contributed by atoms with Gasteiger partial charge in [0.05, 0.1) is 11.1 Å². The van der Waals surface area contributed by atoms with E-state index in [1.54, 1.807) is 23.1 Å². The summed E-state index contributed by atoms with van der Waals surface area (Å²) >= 11 is 3.39. The van der Waals surface area contributed by atoms with Gasteiger partial charge in [-0.1, -0.05) is 30.8 Å². The fraction of sp³-hybridized carbons (Fsp3) is 0.368. The summed E-state index contributed by atoms with van der Waals surface area (Å²) in [5.41, 5.74) is 3.43. The average molecular weight is 357 g/mol. The van der Waals surface area contributed by atoms with Crippen molar-refractivity contribution < 1.29 is 0 Å². The third kappa shape index (κ3) is 2.60. The van der Waals surface area contributed by atoms with Gasteiger partial charge in [-0.3, -0.25) is 9.36 Å². The molecule has 0 radical (unpaired) electrons. The van der Waals surface area contributed by atoms with Crippen LogP contribution in [0.15, 0.2) is 34.2 Å². The van der Waals surface area contributed by atoms with E-state index < -0.39 is 0 Å². The van der Waals surface area contributed by atoms with Gasteiger partial charge in [-0.2, -0.15) is 0 Å². The lowest BCUT2D eigenvalue weighted by molar-refractivity contribution is 0.818. The quantitative estimate of drug-likeness (QED) is 0.500. The highest BCUT2D eigenvalue weighted by Gasteiger charge is 2.23. The van der Waals surface area contributed by atoms with Crippen molar-refractivity contribution in [2.24, 2.45) is 0 Å². The monoisotopic (exact) mass is 356 g/mol. The van der Waals surface area contributed by atoms with Crippen molar-refractivity contribution in [3.05, 3.63) is 50.6 Å². The van der Waals surface area contributed by atoms with Crippen LogP contribution in [0, 0.1) is 6.92 Å². The van der Waals surface area contributed by atoms with E-state index in [4.69, 9.17) is 4.98 Å². The molecule has 0 fully saturated rings. The van der Waals surface area contributed by atoms with Gasteiger partial charge >= 0.3 is 0 Å². The number of hydrogen-bond donors (Lipinski definition) is 0. The Bertz CT molecular complexity index is 971. The lowest BCUT2D eigenvalue weighted by atomic mass is 10.2. The number of rotatable bonds is 4. The van der Waals surface area contributed by atoms with Crippen LogP contribution in [0.25, 0.3) is 15.9 Å². The first-order valence-corrected chi connectivity index (χ1v) is 10.3. The zero-order chi connectivity index (χ0) is 16.7. The Kier molecular flexibility index (Phi) is 4.22. The maximum absolute atomic E-state index is 13.4. The van der Waals surface area contributed by atoms with Crippen molar-refractivity contribution in [2.45, 2.75) is 44.7 Å². The number of thioether (sulfide) groups is 1. The van der Waals surface area contributed by atoms with Crippen LogP contribution in [0.3, 0.4) is 0 Å². The lowest BCUT2D eigenvalue weighted by Gasteiger charge is -2.12. The van der Waals surface area contributed by atoms with Crippen LogP contribution >= 0.6 is 23.1 Å².